The van der Waals surface area contributed by atoms with Gasteiger partial charge in [0.2, 0.25) is 0 Å². The van der Waals surface area contributed by atoms with Gasteiger partial charge in [0.25, 0.3) is 5.91 Å². The van der Waals surface area contributed by atoms with Gasteiger partial charge in [0.1, 0.15) is 0 Å². The lowest BCUT2D eigenvalue weighted by atomic mass is 9.91. The minimum Gasteiger partial charge on any atom is -0.459 e. The largest absolute Gasteiger partial charge is 0.459 e. The molecule has 2 aromatic carbocycles. The van der Waals surface area contributed by atoms with Crippen LogP contribution < -0.4 is 10.6 Å². The molecule has 1 aromatic heterocycles. The molecule has 4 rings (SSSR count). The number of nitrogen functional groups attached to an aromatic ring is 1. The normalized spacial score (nSPS) is 19.5. The van der Waals surface area contributed by atoms with Gasteiger partial charge in [-0.2, -0.15) is 0 Å². The van der Waals surface area contributed by atoms with Crippen molar-refractivity contribution in [2.24, 2.45) is 5.92 Å². The first-order valence-electron chi connectivity index (χ1n) is 10.6. The van der Waals surface area contributed by atoms with E-state index in [-0.39, 0.29) is 11.9 Å². The number of anilines is 2. The van der Waals surface area contributed by atoms with E-state index >= 15 is 0 Å². The van der Waals surface area contributed by atoms with Gasteiger partial charge in [-0.05, 0) is 54.7 Å². The molecule has 1 amide bonds. The van der Waals surface area contributed by atoms with Gasteiger partial charge in [0.15, 0.2) is 5.76 Å². The molecule has 156 valence electrons. The highest BCUT2D eigenvalue weighted by Gasteiger charge is 2.35. The molecule has 1 aliphatic rings. The number of nitrogens with two attached hydrogens (primary N) is 1. The SMILES string of the molecule is C[C@@H]1CN(CCc2ccccc2)CC[C@@H]1N(C(=O)c1ccco1)c1cccc(N)c1. The zero-order valence-corrected chi connectivity index (χ0v) is 17.4. The zero-order chi connectivity index (χ0) is 20.9. The lowest BCUT2D eigenvalue weighted by Crippen LogP contribution is -2.52. The molecule has 0 spiro atoms. The molecule has 2 heterocycles. The second-order valence-corrected chi connectivity index (χ2v) is 8.12. The molecule has 2 atom stereocenters. The molecule has 0 aliphatic carbocycles. The lowest BCUT2D eigenvalue weighted by molar-refractivity contribution is 0.0906. The predicted octanol–water partition coefficient (Wildman–Crippen LogP) is 4.46. The van der Waals surface area contributed by atoms with Crippen molar-refractivity contribution in [2.75, 3.05) is 30.3 Å². The third-order valence-electron chi connectivity index (χ3n) is 5.93. The van der Waals surface area contributed by atoms with Gasteiger partial charge in [-0.1, -0.05) is 43.3 Å². The summed E-state index contributed by atoms with van der Waals surface area (Å²) in [6.07, 6.45) is 3.50. The van der Waals surface area contributed by atoms with Crippen molar-refractivity contribution in [3.05, 3.63) is 84.3 Å². The standard InChI is InChI=1S/C25H29N3O2/c1-19-18-27(14-12-20-7-3-2-4-8-20)15-13-23(19)28(22-10-5-9-21(26)17-22)25(29)24-11-6-16-30-24/h2-11,16-17,19,23H,12-15,18,26H2,1H3/t19-,23+/m1/s1. The van der Waals surface area contributed by atoms with E-state index in [9.17, 15) is 4.79 Å². The number of carbonyl (C=O) groups excluding carboxylic acids is 1. The van der Waals surface area contributed by atoms with Gasteiger partial charge in [0, 0.05) is 37.1 Å². The molecule has 1 fully saturated rings. The lowest BCUT2D eigenvalue weighted by Gasteiger charge is -2.42. The second kappa shape index (κ2) is 9.18. The molecule has 30 heavy (non-hydrogen) atoms. The molecule has 2 N–H and O–H groups in total. The Kier molecular flexibility index (Phi) is 6.19. The number of hydrogen-bond acceptors (Lipinski definition) is 4. The summed E-state index contributed by atoms with van der Waals surface area (Å²) in [6.45, 7) is 5.19. The topological polar surface area (TPSA) is 62.7 Å². The van der Waals surface area contributed by atoms with Crippen molar-refractivity contribution in [1.82, 2.24) is 4.90 Å². The Hall–Kier alpha value is -3.05. The Bertz CT molecular complexity index is 956. The summed E-state index contributed by atoms with van der Waals surface area (Å²) in [5.41, 5.74) is 8.86. The minimum atomic E-state index is -0.111. The van der Waals surface area contributed by atoms with Crippen LogP contribution in [-0.2, 0) is 6.42 Å². The summed E-state index contributed by atoms with van der Waals surface area (Å²) in [6, 6.07) is 21.7. The average Bonchev–Trinajstić information content (AvgIpc) is 3.30. The van der Waals surface area contributed by atoms with Crippen molar-refractivity contribution < 1.29 is 9.21 Å². The Morgan fingerprint density at radius 3 is 2.67 bits per heavy atom. The summed E-state index contributed by atoms with van der Waals surface area (Å²) in [4.78, 5) is 17.7. The van der Waals surface area contributed by atoms with E-state index in [1.54, 1.807) is 18.4 Å². The summed E-state index contributed by atoms with van der Waals surface area (Å²) < 4.78 is 5.43. The van der Waals surface area contributed by atoms with Crippen LogP contribution in [0.5, 0.6) is 0 Å². The molecule has 1 saturated heterocycles. The molecule has 0 bridgehead atoms. The van der Waals surface area contributed by atoms with E-state index in [0.717, 1.165) is 38.2 Å². The van der Waals surface area contributed by atoms with E-state index in [1.165, 1.54) is 5.56 Å². The maximum Gasteiger partial charge on any atom is 0.294 e. The highest BCUT2D eigenvalue weighted by molar-refractivity contribution is 6.04. The highest BCUT2D eigenvalue weighted by atomic mass is 16.3. The molecule has 0 radical (unpaired) electrons. The van der Waals surface area contributed by atoms with Gasteiger partial charge in [-0.15, -0.1) is 0 Å². The molecule has 5 nitrogen and oxygen atoms in total. The summed E-state index contributed by atoms with van der Waals surface area (Å²) in [5.74, 6) is 0.575. The molecule has 0 unspecified atom stereocenters. The second-order valence-electron chi connectivity index (χ2n) is 8.12. The van der Waals surface area contributed by atoms with Crippen LogP contribution in [0.1, 0.15) is 29.5 Å². The number of amides is 1. The van der Waals surface area contributed by atoms with Crippen LogP contribution in [-0.4, -0.2) is 36.5 Å². The molecular formula is C25H29N3O2. The number of furan rings is 1. The number of hydrogen-bond donors (Lipinski definition) is 1. The molecule has 5 heteroatoms. The van der Waals surface area contributed by atoms with Crippen molar-refractivity contribution in [3.63, 3.8) is 0 Å². The van der Waals surface area contributed by atoms with Crippen LogP contribution in [0.2, 0.25) is 0 Å². The fourth-order valence-electron chi connectivity index (χ4n) is 4.39. The maximum atomic E-state index is 13.3. The maximum absolute atomic E-state index is 13.3. The van der Waals surface area contributed by atoms with Crippen molar-refractivity contribution in [2.45, 2.75) is 25.8 Å². The van der Waals surface area contributed by atoms with Gasteiger partial charge in [-0.3, -0.25) is 4.79 Å². The monoisotopic (exact) mass is 403 g/mol. The van der Waals surface area contributed by atoms with Gasteiger partial charge in [0.05, 0.1) is 6.26 Å². The molecule has 3 aromatic rings. The van der Waals surface area contributed by atoms with E-state index in [4.69, 9.17) is 10.2 Å². The summed E-state index contributed by atoms with van der Waals surface area (Å²) >= 11 is 0. The number of benzene rings is 2. The number of nitrogens with zero attached hydrogens (tertiary/aromatic N) is 2. The first-order chi connectivity index (χ1) is 14.6. The van der Waals surface area contributed by atoms with Crippen molar-refractivity contribution in [1.29, 1.82) is 0 Å². The smallest absolute Gasteiger partial charge is 0.294 e. The third kappa shape index (κ3) is 4.57. The van der Waals surface area contributed by atoms with E-state index in [2.05, 4.69) is 42.2 Å². The first-order valence-corrected chi connectivity index (χ1v) is 10.6. The molecule has 1 aliphatic heterocycles. The van der Waals surface area contributed by atoms with Crippen LogP contribution in [0.4, 0.5) is 11.4 Å². The van der Waals surface area contributed by atoms with Gasteiger partial charge in [-0.25, -0.2) is 0 Å². The molecule has 0 saturated carbocycles. The molecular weight excluding hydrogens is 374 g/mol. The number of piperidine rings is 1. The number of likely N-dealkylation sites (tertiary alicyclic amines) is 1. The summed E-state index contributed by atoms with van der Waals surface area (Å²) in [5, 5.41) is 0. The average molecular weight is 404 g/mol. The Balaban J connectivity index is 1.49. The van der Waals surface area contributed by atoms with Crippen LogP contribution in [0.25, 0.3) is 0 Å². The highest BCUT2D eigenvalue weighted by Crippen LogP contribution is 2.30. The van der Waals surface area contributed by atoms with E-state index in [1.807, 2.05) is 29.2 Å². The zero-order valence-electron chi connectivity index (χ0n) is 17.4. The van der Waals surface area contributed by atoms with Gasteiger partial charge >= 0.3 is 0 Å². The van der Waals surface area contributed by atoms with Gasteiger partial charge < -0.3 is 20.0 Å². The fraction of sp³-hybridized carbons (Fsp3) is 0.320. The van der Waals surface area contributed by atoms with Crippen LogP contribution in [0.15, 0.2) is 77.4 Å². The number of rotatable bonds is 6. The predicted molar refractivity (Wildman–Crippen MR) is 121 cm³/mol. The number of carbonyl (C=O) groups is 1. The van der Waals surface area contributed by atoms with Crippen molar-refractivity contribution in [3.8, 4) is 0 Å². The quantitative estimate of drug-likeness (QED) is 0.617. The van der Waals surface area contributed by atoms with E-state index in [0.29, 0.717) is 17.4 Å². The van der Waals surface area contributed by atoms with E-state index < -0.39 is 0 Å². The van der Waals surface area contributed by atoms with Crippen LogP contribution in [0, 0.1) is 5.92 Å². The van der Waals surface area contributed by atoms with Crippen LogP contribution >= 0.6 is 0 Å². The Morgan fingerprint density at radius 2 is 1.97 bits per heavy atom. The third-order valence-corrected chi connectivity index (χ3v) is 5.93. The van der Waals surface area contributed by atoms with Crippen molar-refractivity contribution >= 4 is 17.3 Å². The summed E-state index contributed by atoms with van der Waals surface area (Å²) in [7, 11) is 0. The first kappa shape index (κ1) is 20.2. The van der Waals surface area contributed by atoms with Crippen LogP contribution in [0.3, 0.4) is 0 Å². The minimum absolute atomic E-state index is 0.0948. The Morgan fingerprint density at radius 1 is 1.13 bits per heavy atom. The fourth-order valence-corrected chi connectivity index (χ4v) is 4.39. The Labute approximate surface area is 178 Å².